The van der Waals surface area contributed by atoms with Crippen LogP contribution in [0.25, 0.3) is 22.6 Å². The van der Waals surface area contributed by atoms with Gasteiger partial charge in [-0.05, 0) is 49.1 Å². The third-order valence-corrected chi connectivity index (χ3v) is 5.46. The number of hydrogen-bond donors (Lipinski definition) is 1. The van der Waals surface area contributed by atoms with E-state index in [-0.39, 0.29) is 5.82 Å². The molecule has 8 heteroatoms. The molecule has 30 heavy (non-hydrogen) atoms. The van der Waals surface area contributed by atoms with Gasteiger partial charge in [-0.2, -0.15) is 0 Å². The molecule has 2 heterocycles. The molecule has 0 unspecified atom stereocenters. The van der Waals surface area contributed by atoms with Crippen molar-refractivity contribution in [2.75, 3.05) is 11.9 Å². The highest BCUT2D eigenvalue weighted by Crippen LogP contribution is 2.31. The Bertz CT molecular complexity index is 965. The van der Waals surface area contributed by atoms with E-state index in [0.29, 0.717) is 34.5 Å². The second-order valence-electron chi connectivity index (χ2n) is 7.64. The van der Waals surface area contributed by atoms with E-state index < -0.39 is 13.0 Å². The van der Waals surface area contributed by atoms with Gasteiger partial charge in [-0.25, -0.2) is 28.1 Å². The molecular formula is C22H24F3N5. The number of rotatable bonds is 7. The standard InChI is InChI=1S/C22H24F3N5/c23-17-8-6-16(7-9-17)20-21(30(14-28-20)13-19(24)25)18-10-11-26-22(29-18)27-12-15-4-2-1-3-5-15/h6-11,14-15,19H,1-5,12-13H2,(H,26,27,29). The topological polar surface area (TPSA) is 55.6 Å². The van der Waals surface area contributed by atoms with Gasteiger partial charge in [0.25, 0.3) is 6.43 Å². The fourth-order valence-electron chi connectivity index (χ4n) is 3.96. The molecule has 1 N–H and O–H groups in total. The van der Waals surface area contributed by atoms with Crippen molar-refractivity contribution in [3.05, 3.63) is 48.7 Å². The summed E-state index contributed by atoms with van der Waals surface area (Å²) in [6.45, 7) is 0.295. The summed E-state index contributed by atoms with van der Waals surface area (Å²) >= 11 is 0. The van der Waals surface area contributed by atoms with Crippen molar-refractivity contribution in [2.45, 2.75) is 45.1 Å². The van der Waals surface area contributed by atoms with Crippen molar-refractivity contribution in [1.82, 2.24) is 19.5 Å². The molecule has 0 radical (unpaired) electrons. The van der Waals surface area contributed by atoms with Crippen LogP contribution in [-0.2, 0) is 6.54 Å². The average Bonchev–Trinajstić information content (AvgIpc) is 3.16. The molecule has 1 aliphatic rings. The predicted octanol–water partition coefficient (Wildman–Crippen LogP) is 5.40. The number of nitrogens with zero attached hydrogens (tertiary/aromatic N) is 4. The lowest BCUT2D eigenvalue weighted by atomic mass is 9.89. The molecule has 158 valence electrons. The van der Waals surface area contributed by atoms with Crippen LogP contribution in [0.2, 0.25) is 0 Å². The van der Waals surface area contributed by atoms with E-state index in [2.05, 4.69) is 20.3 Å². The molecule has 1 saturated carbocycles. The zero-order valence-corrected chi connectivity index (χ0v) is 16.6. The van der Waals surface area contributed by atoms with Crippen molar-refractivity contribution in [3.63, 3.8) is 0 Å². The van der Waals surface area contributed by atoms with Crippen LogP contribution in [0.15, 0.2) is 42.9 Å². The van der Waals surface area contributed by atoms with E-state index in [4.69, 9.17) is 0 Å². The smallest absolute Gasteiger partial charge is 0.256 e. The number of alkyl halides is 2. The molecule has 1 aliphatic carbocycles. The lowest BCUT2D eigenvalue weighted by Gasteiger charge is -2.21. The highest BCUT2D eigenvalue weighted by atomic mass is 19.3. The van der Waals surface area contributed by atoms with E-state index >= 15 is 0 Å². The fourth-order valence-corrected chi connectivity index (χ4v) is 3.96. The maximum atomic E-state index is 13.3. The minimum atomic E-state index is -2.54. The first kappa shape index (κ1) is 20.4. The van der Waals surface area contributed by atoms with Gasteiger partial charge in [-0.15, -0.1) is 0 Å². The summed E-state index contributed by atoms with van der Waals surface area (Å²) in [5, 5.41) is 3.29. The molecule has 1 aromatic carbocycles. The highest BCUT2D eigenvalue weighted by Gasteiger charge is 2.20. The SMILES string of the molecule is Fc1ccc(-c2ncn(CC(F)F)c2-c2ccnc(NCC3CCCCC3)n2)cc1. The van der Waals surface area contributed by atoms with E-state index in [9.17, 15) is 13.2 Å². The van der Waals surface area contributed by atoms with Crippen molar-refractivity contribution >= 4 is 5.95 Å². The molecule has 0 bridgehead atoms. The molecule has 5 nitrogen and oxygen atoms in total. The maximum Gasteiger partial charge on any atom is 0.256 e. The Kier molecular flexibility index (Phi) is 6.30. The monoisotopic (exact) mass is 415 g/mol. The summed E-state index contributed by atoms with van der Waals surface area (Å²) in [5.74, 6) is 0.696. The van der Waals surface area contributed by atoms with Gasteiger partial charge in [0.2, 0.25) is 5.95 Å². The number of hydrogen-bond acceptors (Lipinski definition) is 4. The normalized spacial score (nSPS) is 14.9. The third kappa shape index (κ3) is 4.80. The number of aromatic nitrogens is 4. The summed E-state index contributed by atoms with van der Waals surface area (Å²) < 4.78 is 41.0. The van der Waals surface area contributed by atoms with Gasteiger partial charge in [0.05, 0.1) is 30.0 Å². The van der Waals surface area contributed by atoms with Crippen molar-refractivity contribution in [2.24, 2.45) is 5.92 Å². The van der Waals surface area contributed by atoms with Gasteiger partial charge in [-0.3, -0.25) is 0 Å². The Hall–Kier alpha value is -2.90. The summed E-state index contributed by atoms with van der Waals surface area (Å²) in [4.78, 5) is 13.2. The first-order valence-electron chi connectivity index (χ1n) is 10.3. The van der Waals surface area contributed by atoms with Crippen LogP contribution < -0.4 is 5.32 Å². The molecule has 3 aromatic rings. The van der Waals surface area contributed by atoms with E-state index in [0.717, 1.165) is 6.54 Å². The van der Waals surface area contributed by atoms with E-state index in [1.165, 1.54) is 55.1 Å². The van der Waals surface area contributed by atoms with Crippen molar-refractivity contribution in [3.8, 4) is 22.6 Å². The highest BCUT2D eigenvalue weighted by molar-refractivity contribution is 5.77. The first-order chi connectivity index (χ1) is 14.6. The summed E-state index contributed by atoms with van der Waals surface area (Å²) in [6, 6.07) is 7.48. The third-order valence-electron chi connectivity index (χ3n) is 5.46. The zero-order chi connectivity index (χ0) is 20.9. The molecular weight excluding hydrogens is 391 g/mol. The second-order valence-corrected chi connectivity index (χ2v) is 7.64. The molecule has 0 aliphatic heterocycles. The van der Waals surface area contributed by atoms with Gasteiger partial charge in [0, 0.05) is 18.3 Å². The van der Waals surface area contributed by atoms with Gasteiger partial charge in [0.1, 0.15) is 5.82 Å². The lowest BCUT2D eigenvalue weighted by Crippen LogP contribution is -2.18. The lowest BCUT2D eigenvalue weighted by molar-refractivity contribution is 0.127. The number of halogens is 3. The van der Waals surface area contributed by atoms with Crippen LogP contribution in [0.4, 0.5) is 19.1 Å². The number of benzene rings is 1. The summed E-state index contributed by atoms with van der Waals surface area (Å²) in [5.41, 5.74) is 2.07. The largest absolute Gasteiger partial charge is 0.354 e. The molecule has 0 saturated heterocycles. The summed E-state index contributed by atoms with van der Waals surface area (Å²) in [6.07, 6.45) is 6.64. The van der Waals surface area contributed by atoms with Crippen LogP contribution in [0, 0.1) is 11.7 Å². The van der Waals surface area contributed by atoms with Crippen LogP contribution in [0.3, 0.4) is 0 Å². The Morgan fingerprint density at radius 3 is 2.53 bits per heavy atom. The van der Waals surface area contributed by atoms with Gasteiger partial charge < -0.3 is 9.88 Å². The Labute approximate surface area is 173 Å². The predicted molar refractivity (Wildman–Crippen MR) is 110 cm³/mol. The van der Waals surface area contributed by atoms with Gasteiger partial charge >= 0.3 is 0 Å². The zero-order valence-electron chi connectivity index (χ0n) is 16.6. The molecule has 0 amide bonds. The van der Waals surface area contributed by atoms with Crippen molar-refractivity contribution < 1.29 is 13.2 Å². The van der Waals surface area contributed by atoms with E-state index in [1.54, 1.807) is 24.4 Å². The number of nitrogens with one attached hydrogen (secondary N) is 1. The van der Waals surface area contributed by atoms with Gasteiger partial charge in [0.15, 0.2) is 0 Å². The quantitative estimate of drug-likeness (QED) is 0.561. The van der Waals surface area contributed by atoms with E-state index in [1.807, 2.05) is 0 Å². The maximum absolute atomic E-state index is 13.3. The molecule has 1 fully saturated rings. The minimum absolute atomic E-state index is 0.372. The van der Waals surface area contributed by atoms with Crippen LogP contribution in [0.5, 0.6) is 0 Å². The molecule has 0 spiro atoms. The Morgan fingerprint density at radius 1 is 1.03 bits per heavy atom. The average molecular weight is 415 g/mol. The second kappa shape index (κ2) is 9.28. The minimum Gasteiger partial charge on any atom is -0.354 e. The fraction of sp³-hybridized carbons (Fsp3) is 0.409. The van der Waals surface area contributed by atoms with Crippen LogP contribution in [0.1, 0.15) is 32.1 Å². The van der Waals surface area contributed by atoms with Gasteiger partial charge in [-0.1, -0.05) is 19.3 Å². The van der Waals surface area contributed by atoms with Crippen LogP contribution >= 0.6 is 0 Å². The number of imidazole rings is 1. The Balaban J connectivity index is 1.64. The Morgan fingerprint density at radius 2 is 1.80 bits per heavy atom. The number of anilines is 1. The molecule has 2 aromatic heterocycles. The van der Waals surface area contributed by atoms with Crippen LogP contribution in [-0.4, -0.2) is 32.5 Å². The molecule has 4 rings (SSSR count). The van der Waals surface area contributed by atoms with Crippen molar-refractivity contribution in [1.29, 1.82) is 0 Å². The molecule has 0 atom stereocenters. The summed E-state index contributed by atoms with van der Waals surface area (Å²) in [7, 11) is 0. The first-order valence-corrected chi connectivity index (χ1v) is 10.3.